The van der Waals surface area contributed by atoms with E-state index in [9.17, 15) is 24.6 Å². The molecule has 8 atom stereocenters. The van der Waals surface area contributed by atoms with Crippen molar-refractivity contribution in [2.24, 2.45) is 17.6 Å². The van der Waals surface area contributed by atoms with Crippen LogP contribution >= 0.6 is 23.5 Å². The topological polar surface area (TPSA) is 145 Å². The molecule has 3 saturated heterocycles. The van der Waals surface area contributed by atoms with E-state index in [0.717, 1.165) is 13.0 Å². The predicted octanol–water partition coefficient (Wildman–Crippen LogP) is -0.880. The molecule has 2 amide bonds. The van der Waals surface area contributed by atoms with Gasteiger partial charge in [-0.25, -0.2) is 4.79 Å². The van der Waals surface area contributed by atoms with Crippen molar-refractivity contribution in [1.29, 1.82) is 0 Å². The normalized spacial score (nSPS) is 40.2. The van der Waals surface area contributed by atoms with E-state index in [2.05, 4.69) is 10.6 Å². The Morgan fingerprint density at radius 2 is 2.14 bits per heavy atom. The van der Waals surface area contributed by atoms with Gasteiger partial charge in [-0.15, -0.1) is 23.5 Å². The summed E-state index contributed by atoms with van der Waals surface area (Å²) in [5, 5.41) is 26.7. The Morgan fingerprint density at radius 1 is 1.41 bits per heavy atom. The molecule has 11 heteroatoms. The number of carboxylic acids is 1. The molecule has 3 fully saturated rings. The molecule has 160 valence electrons. The Labute approximate surface area is 177 Å². The van der Waals surface area contributed by atoms with Gasteiger partial charge in [0.05, 0.1) is 29.5 Å². The van der Waals surface area contributed by atoms with E-state index in [4.69, 9.17) is 5.73 Å². The van der Waals surface area contributed by atoms with E-state index < -0.39 is 18.0 Å². The number of carboxylic acid groups (broad SMARTS) is 1. The molecule has 0 aliphatic carbocycles. The lowest BCUT2D eigenvalue weighted by Gasteiger charge is -2.46. The molecule has 0 radical (unpaired) electrons. The SMILES string of the molecule is C[C@@H](O)C1C(=O)N2C(C(=O)O)=C(SC3CN[C@H](C4NC(C(N)=O)CS4)C3)[C@H](C)C12. The highest BCUT2D eigenvalue weighted by atomic mass is 32.2. The summed E-state index contributed by atoms with van der Waals surface area (Å²) in [7, 11) is 0. The van der Waals surface area contributed by atoms with E-state index >= 15 is 0 Å². The van der Waals surface area contributed by atoms with Crippen LogP contribution in [0.1, 0.15) is 20.3 Å². The summed E-state index contributed by atoms with van der Waals surface area (Å²) in [4.78, 5) is 37.8. The third-order valence-corrected chi connectivity index (χ3v) is 9.11. The molecule has 0 aromatic rings. The maximum Gasteiger partial charge on any atom is 0.353 e. The Hall–Kier alpha value is -1.27. The summed E-state index contributed by atoms with van der Waals surface area (Å²) >= 11 is 3.20. The molecule has 4 heterocycles. The zero-order chi connectivity index (χ0) is 21.0. The van der Waals surface area contributed by atoms with Gasteiger partial charge in [0.1, 0.15) is 5.70 Å². The number of nitrogens with zero attached hydrogens (tertiary/aromatic N) is 1. The molecule has 4 rings (SSSR count). The summed E-state index contributed by atoms with van der Waals surface area (Å²) in [5.74, 6) is -1.77. The Kier molecular flexibility index (Phi) is 5.62. The lowest BCUT2D eigenvalue weighted by molar-refractivity contribution is -0.163. The van der Waals surface area contributed by atoms with Crippen LogP contribution in [0.25, 0.3) is 0 Å². The number of aliphatic hydroxyl groups is 1. The highest BCUT2D eigenvalue weighted by Gasteiger charge is 2.60. The highest BCUT2D eigenvalue weighted by molar-refractivity contribution is 8.03. The van der Waals surface area contributed by atoms with Crippen molar-refractivity contribution in [1.82, 2.24) is 15.5 Å². The molecular weight excluding hydrogens is 416 g/mol. The average molecular weight is 443 g/mol. The van der Waals surface area contributed by atoms with E-state index in [1.165, 1.54) is 16.7 Å². The molecule has 4 aliphatic heterocycles. The first kappa shape index (κ1) is 21.0. The number of aliphatic hydroxyl groups excluding tert-OH is 1. The molecule has 29 heavy (non-hydrogen) atoms. The van der Waals surface area contributed by atoms with Gasteiger partial charge >= 0.3 is 5.97 Å². The summed E-state index contributed by atoms with van der Waals surface area (Å²) in [6.45, 7) is 4.23. The number of hydrogen-bond acceptors (Lipinski definition) is 8. The Morgan fingerprint density at radius 3 is 2.72 bits per heavy atom. The molecule has 5 unspecified atom stereocenters. The monoisotopic (exact) mass is 442 g/mol. The summed E-state index contributed by atoms with van der Waals surface area (Å²) in [6.07, 6.45) is 0.0225. The molecule has 0 aromatic heterocycles. The standard InChI is InChI=1S/C18H26N4O5S2/c1-6-12-11(7(2)23)17(25)22(12)13(18(26)27)14(6)29-8-3-9(20-4-8)16-21-10(5-28-16)15(19)24/h6-12,16,20-21,23H,3-5H2,1-2H3,(H2,19,24)(H,26,27)/t6-,7-,8?,9+,10?,11?,12?,16?/m1/s1. The van der Waals surface area contributed by atoms with Crippen LogP contribution < -0.4 is 16.4 Å². The van der Waals surface area contributed by atoms with Crippen LogP contribution in [0.2, 0.25) is 0 Å². The number of carbonyl (C=O) groups excluding carboxylic acids is 2. The number of nitrogens with two attached hydrogens (primary N) is 1. The highest BCUT2D eigenvalue weighted by Crippen LogP contribution is 2.52. The van der Waals surface area contributed by atoms with Gasteiger partial charge in [-0.1, -0.05) is 6.92 Å². The number of primary amides is 1. The quantitative estimate of drug-likeness (QED) is 0.331. The Bertz CT molecular complexity index is 775. The maximum atomic E-state index is 12.4. The molecule has 0 saturated carbocycles. The van der Waals surface area contributed by atoms with Gasteiger partial charge in [0.15, 0.2) is 0 Å². The number of hydrogen-bond donors (Lipinski definition) is 5. The molecule has 0 aromatic carbocycles. The van der Waals surface area contributed by atoms with Crippen molar-refractivity contribution in [2.75, 3.05) is 12.3 Å². The number of aliphatic carboxylic acids is 1. The van der Waals surface area contributed by atoms with Gasteiger partial charge < -0.3 is 26.2 Å². The lowest BCUT2D eigenvalue weighted by atomic mass is 9.79. The van der Waals surface area contributed by atoms with Gasteiger partial charge in [-0.2, -0.15) is 0 Å². The third kappa shape index (κ3) is 3.46. The molecule has 0 bridgehead atoms. The van der Waals surface area contributed by atoms with Gasteiger partial charge in [0, 0.05) is 34.4 Å². The fourth-order valence-corrected chi connectivity index (χ4v) is 7.66. The van der Waals surface area contributed by atoms with E-state index in [1.807, 2.05) is 6.92 Å². The van der Waals surface area contributed by atoms with Crippen molar-refractivity contribution in [3.8, 4) is 0 Å². The Balaban J connectivity index is 1.45. The number of amides is 2. The third-order valence-electron chi connectivity index (χ3n) is 6.25. The first-order valence-electron chi connectivity index (χ1n) is 9.76. The van der Waals surface area contributed by atoms with Crippen LogP contribution in [0.3, 0.4) is 0 Å². The van der Waals surface area contributed by atoms with Crippen molar-refractivity contribution in [3.63, 3.8) is 0 Å². The van der Waals surface area contributed by atoms with E-state index in [0.29, 0.717) is 10.7 Å². The fraction of sp³-hybridized carbons (Fsp3) is 0.722. The number of fused-ring (bicyclic) bond motifs is 1. The van der Waals surface area contributed by atoms with E-state index in [1.54, 1.807) is 18.7 Å². The van der Waals surface area contributed by atoms with Crippen molar-refractivity contribution in [3.05, 3.63) is 10.6 Å². The molecule has 9 nitrogen and oxygen atoms in total. The molecular formula is C18H26N4O5S2. The summed E-state index contributed by atoms with van der Waals surface area (Å²) in [5.41, 5.74) is 5.45. The van der Waals surface area contributed by atoms with Crippen LogP contribution in [0.4, 0.5) is 0 Å². The number of carbonyl (C=O) groups is 3. The first-order chi connectivity index (χ1) is 13.7. The maximum absolute atomic E-state index is 12.4. The van der Waals surface area contributed by atoms with Gasteiger partial charge in [-0.05, 0) is 13.3 Å². The number of β-lactam (4-membered cyclic amide) rings is 1. The minimum Gasteiger partial charge on any atom is -0.477 e. The zero-order valence-electron chi connectivity index (χ0n) is 16.2. The largest absolute Gasteiger partial charge is 0.477 e. The van der Waals surface area contributed by atoms with Crippen molar-refractivity contribution in [2.45, 2.75) is 55.1 Å². The second-order valence-corrected chi connectivity index (χ2v) is 10.7. The first-order valence-corrected chi connectivity index (χ1v) is 11.7. The fourth-order valence-electron chi connectivity index (χ4n) is 4.80. The minimum atomic E-state index is -1.10. The van der Waals surface area contributed by atoms with Gasteiger partial charge in [0.25, 0.3) is 0 Å². The average Bonchev–Trinajstić information content (AvgIpc) is 3.33. The number of thioether (sulfide) groups is 2. The second-order valence-electron chi connectivity index (χ2n) is 8.14. The molecule has 6 N–H and O–H groups in total. The summed E-state index contributed by atoms with van der Waals surface area (Å²) in [6, 6.07) is -0.442. The lowest BCUT2D eigenvalue weighted by Crippen LogP contribution is -2.63. The van der Waals surface area contributed by atoms with Crippen LogP contribution in [0, 0.1) is 11.8 Å². The van der Waals surface area contributed by atoms with Gasteiger partial charge in [-0.3, -0.25) is 14.9 Å². The zero-order valence-corrected chi connectivity index (χ0v) is 17.8. The summed E-state index contributed by atoms with van der Waals surface area (Å²) < 4.78 is 0. The molecule has 0 spiro atoms. The number of rotatable bonds is 6. The second kappa shape index (κ2) is 7.77. The molecule has 4 aliphatic rings. The van der Waals surface area contributed by atoms with Gasteiger partial charge in [0.2, 0.25) is 11.8 Å². The smallest absolute Gasteiger partial charge is 0.353 e. The van der Waals surface area contributed by atoms with Crippen molar-refractivity contribution >= 4 is 41.3 Å². The van der Waals surface area contributed by atoms with E-state index in [-0.39, 0.29) is 52.2 Å². The minimum absolute atomic E-state index is 0.0695. The van der Waals surface area contributed by atoms with Crippen molar-refractivity contribution < 1.29 is 24.6 Å². The van der Waals surface area contributed by atoms with Crippen LogP contribution in [0.15, 0.2) is 10.6 Å². The van der Waals surface area contributed by atoms with Crippen LogP contribution in [-0.2, 0) is 14.4 Å². The predicted molar refractivity (Wildman–Crippen MR) is 110 cm³/mol. The number of nitrogens with one attached hydrogen (secondary N) is 2. The van der Waals surface area contributed by atoms with Crippen LogP contribution in [0.5, 0.6) is 0 Å². The van der Waals surface area contributed by atoms with Crippen LogP contribution in [-0.4, -0.2) is 80.0 Å².